The van der Waals surface area contributed by atoms with Crippen molar-refractivity contribution >= 4 is 0 Å². The van der Waals surface area contributed by atoms with Crippen LogP contribution < -0.4 is 5.32 Å². The number of hydrogen-bond donors (Lipinski definition) is 1. The van der Waals surface area contributed by atoms with Crippen molar-refractivity contribution in [3.05, 3.63) is 0 Å². The highest BCUT2D eigenvalue weighted by molar-refractivity contribution is 4.98. The summed E-state index contributed by atoms with van der Waals surface area (Å²) >= 11 is 0. The minimum Gasteiger partial charge on any atom is -0.311 e. The molecule has 2 aliphatic rings. The lowest BCUT2D eigenvalue weighted by Crippen LogP contribution is -2.56. The van der Waals surface area contributed by atoms with Crippen molar-refractivity contribution in [2.45, 2.75) is 65.5 Å². The summed E-state index contributed by atoms with van der Waals surface area (Å²) in [6.07, 6.45) is 5.36. The van der Waals surface area contributed by atoms with Crippen LogP contribution in [0.2, 0.25) is 0 Å². The van der Waals surface area contributed by atoms with Gasteiger partial charge in [-0.15, -0.1) is 0 Å². The van der Waals surface area contributed by atoms with E-state index in [4.69, 9.17) is 0 Å². The lowest BCUT2D eigenvalue weighted by Gasteiger charge is -2.40. The third-order valence-electron chi connectivity index (χ3n) is 4.89. The summed E-state index contributed by atoms with van der Waals surface area (Å²) in [5.74, 6) is 0.955. The molecule has 0 aromatic carbocycles. The standard InChI is InChI=1S/C15H30N2/c1-5-7-13-11-17(14(6-2)9-16-13)10-12-8-15(12,3)4/h12-14,16H,5-11H2,1-4H3. The molecule has 0 radical (unpaired) electrons. The summed E-state index contributed by atoms with van der Waals surface area (Å²) in [6, 6.07) is 1.52. The highest BCUT2D eigenvalue weighted by atomic mass is 15.2. The predicted molar refractivity (Wildman–Crippen MR) is 74.2 cm³/mol. The van der Waals surface area contributed by atoms with Crippen LogP contribution in [-0.4, -0.2) is 36.6 Å². The minimum atomic E-state index is 0.628. The first kappa shape index (κ1) is 13.4. The van der Waals surface area contributed by atoms with Gasteiger partial charge in [0.1, 0.15) is 0 Å². The summed E-state index contributed by atoms with van der Waals surface area (Å²) in [4.78, 5) is 2.77. The molecule has 1 aliphatic heterocycles. The van der Waals surface area contributed by atoms with Crippen LogP contribution in [-0.2, 0) is 0 Å². The topological polar surface area (TPSA) is 15.3 Å². The van der Waals surface area contributed by atoms with Gasteiger partial charge in [-0.3, -0.25) is 4.90 Å². The van der Waals surface area contributed by atoms with Gasteiger partial charge in [0.15, 0.2) is 0 Å². The van der Waals surface area contributed by atoms with Crippen LogP contribution in [0.5, 0.6) is 0 Å². The summed E-state index contributed by atoms with van der Waals surface area (Å²) in [6.45, 7) is 13.3. The van der Waals surface area contributed by atoms with E-state index in [-0.39, 0.29) is 0 Å². The van der Waals surface area contributed by atoms with Gasteiger partial charge in [-0.2, -0.15) is 0 Å². The Hall–Kier alpha value is -0.0800. The first-order valence-electron chi connectivity index (χ1n) is 7.54. The van der Waals surface area contributed by atoms with Crippen LogP contribution in [0.3, 0.4) is 0 Å². The predicted octanol–water partition coefficient (Wildman–Crippen LogP) is 2.89. The van der Waals surface area contributed by atoms with E-state index in [0.717, 1.165) is 18.0 Å². The van der Waals surface area contributed by atoms with Gasteiger partial charge in [0.25, 0.3) is 0 Å². The molecular weight excluding hydrogens is 208 g/mol. The maximum Gasteiger partial charge on any atom is 0.0218 e. The molecule has 2 fully saturated rings. The molecule has 3 unspecified atom stereocenters. The third kappa shape index (κ3) is 3.23. The molecule has 3 atom stereocenters. The molecule has 1 heterocycles. The smallest absolute Gasteiger partial charge is 0.0218 e. The van der Waals surface area contributed by atoms with Gasteiger partial charge < -0.3 is 5.32 Å². The van der Waals surface area contributed by atoms with Gasteiger partial charge in [-0.1, -0.05) is 34.1 Å². The molecule has 1 aliphatic carbocycles. The van der Waals surface area contributed by atoms with Gasteiger partial charge >= 0.3 is 0 Å². The molecule has 1 saturated carbocycles. The zero-order valence-electron chi connectivity index (χ0n) is 12.1. The van der Waals surface area contributed by atoms with Crippen LogP contribution in [0.15, 0.2) is 0 Å². The Kier molecular flexibility index (Phi) is 4.14. The molecule has 1 N–H and O–H groups in total. The summed E-state index contributed by atoms with van der Waals surface area (Å²) in [5, 5.41) is 3.72. The molecular formula is C15H30N2. The van der Waals surface area contributed by atoms with Crippen molar-refractivity contribution in [3.8, 4) is 0 Å². The van der Waals surface area contributed by atoms with Crippen LogP contribution in [0.1, 0.15) is 53.4 Å². The molecule has 2 rings (SSSR count). The Morgan fingerprint density at radius 1 is 1.29 bits per heavy atom. The molecule has 1 saturated heterocycles. The Morgan fingerprint density at radius 2 is 2.00 bits per heavy atom. The molecule has 100 valence electrons. The lowest BCUT2D eigenvalue weighted by molar-refractivity contribution is 0.113. The number of rotatable bonds is 5. The highest BCUT2D eigenvalue weighted by Gasteiger charge is 2.47. The fraction of sp³-hybridized carbons (Fsp3) is 1.00. The molecule has 17 heavy (non-hydrogen) atoms. The maximum atomic E-state index is 3.72. The molecule has 0 amide bonds. The Bertz CT molecular complexity index is 249. The normalized spacial score (nSPS) is 37.1. The lowest BCUT2D eigenvalue weighted by atomic mass is 10.0. The van der Waals surface area contributed by atoms with E-state index in [2.05, 4.69) is 37.9 Å². The SMILES string of the molecule is CCCC1CN(CC2CC2(C)C)C(CC)CN1. The summed E-state index contributed by atoms with van der Waals surface area (Å²) in [5.41, 5.74) is 0.628. The second-order valence-electron chi connectivity index (χ2n) is 6.80. The fourth-order valence-electron chi connectivity index (χ4n) is 3.27. The van der Waals surface area contributed by atoms with E-state index in [1.807, 2.05) is 0 Å². The molecule has 0 aromatic rings. The van der Waals surface area contributed by atoms with Crippen LogP contribution in [0.25, 0.3) is 0 Å². The number of hydrogen-bond acceptors (Lipinski definition) is 2. The van der Waals surface area contributed by atoms with Crippen molar-refractivity contribution in [1.29, 1.82) is 0 Å². The van der Waals surface area contributed by atoms with Gasteiger partial charge in [0, 0.05) is 31.7 Å². The van der Waals surface area contributed by atoms with Crippen LogP contribution >= 0.6 is 0 Å². The first-order valence-corrected chi connectivity index (χ1v) is 7.54. The van der Waals surface area contributed by atoms with E-state index in [9.17, 15) is 0 Å². The zero-order chi connectivity index (χ0) is 12.5. The van der Waals surface area contributed by atoms with Crippen molar-refractivity contribution in [3.63, 3.8) is 0 Å². The largest absolute Gasteiger partial charge is 0.311 e. The monoisotopic (exact) mass is 238 g/mol. The molecule has 0 bridgehead atoms. The van der Waals surface area contributed by atoms with E-state index in [1.54, 1.807) is 0 Å². The zero-order valence-corrected chi connectivity index (χ0v) is 12.1. The van der Waals surface area contributed by atoms with Gasteiger partial charge in [-0.25, -0.2) is 0 Å². The van der Waals surface area contributed by atoms with Gasteiger partial charge in [0.2, 0.25) is 0 Å². The Balaban J connectivity index is 1.86. The number of nitrogens with one attached hydrogen (secondary N) is 1. The highest BCUT2D eigenvalue weighted by Crippen LogP contribution is 2.52. The first-order chi connectivity index (χ1) is 8.06. The summed E-state index contributed by atoms with van der Waals surface area (Å²) in [7, 11) is 0. The van der Waals surface area contributed by atoms with Crippen molar-refractivity contribution < 1.29 is 0 Å². The molecule has 2 nitrogen and oxygen atoms in total. The van der Waals surface area contributed by atoms with E-state index in [0.29, 0.717) is 5.41 Å². The number of piperazine rings is 1. The average molecular weight is 238 g/mol. The van der Waals surface area contributed by atoms with Crippen LogP contribution in [0.4, 0.5) is 0 Å². The second-order valence-corrected chi connectivity index (χ2v) is 6.80. The third-order valence-corrected chi connectivity index (χ3v) is 4.89. The van der Waals surface area contributed by atoms with Gasteiger partial charge in [-0.05, 0) is 30.6 Å². The Morgan fingerprint density at radius 3 is 2.53 bits per heavy atom. The second kappa shape index (κ2) is 5.27. The Labute approximate surface area is 107 Å². The van der Waals surface area contributed by atoms with Crippen molar-refractivity contribution in [2.75, 3.05) is 19.6 Å². The molecule has 2 heteroatoms. The minimum absolute atomic E-state index is 0.628. The average Bonchev–Trinajstić information content (AvgIpc) is 2.87. The fourth-order valence-corrected chi connectivity index (χ4v) is 3.27. The van der Waals surface area contributed by atoms with E-state index < -0.39 is 0 Å². The van der Waals surface area contributed by atoms with E-state index in [1.165, 1.54) is 45.3 Å². The van der Waals surface area contributed by atoms with Crippen molar-refractivity contribution in [2.24, 2.45) is 11.3 Å². The number of nitrogens with zero attached hydrogens (tertiary/aromatic N) is 1. The van der Waals surface area contributed by atoms with Crippen LogP contribution in [0, 0.1) is 11.3 Å². The van der Waals surface area contributed by atoms with Gasteiger partial charge in [0.05, 0.1) is 0 Å². The maximum absolute atomic E-state index is 3.72. The molecule has 0 aromatic heterocycles. The van der Waals surface area contributed by atoms with E-state index >= 15 is 0 Å². The molecule has 0 spiro atoms. The van der Waals surface area contributed by atoms with Crippen molar-refractivity contribution in [1.82, 2.24) is 10.2 Å². The summed E-state index contributed by atoms with van der Waals surface area (Å²) < 4.78 is 0. The quantitative estimate of drug-likeness (QED) is 0.792.